The number of pyridine rings is 1. The Morgan fingerprint density at radius 1 is 1.23 bits per heavy atom. The number of fused-ring (bicyclic) bond motifs is 1. The molecule has 31 heavy (non-hydrogen) atoms. The molecule has 2 aliphatic heterocycles. The molecular formula is C22H27N7O2. The highest BCUT2D eigenvalue weighted by molar-refractivity contribution is 5.81. The molecule has 2 saturated heterocycles. The van der Waals surface area contributed by atoms with Gasteiger partial charge in [-0.05, 0) is 44.6 Å². The fourth-order valence-electron chi connectivity index (χ4n) is 4.16. The number of aromatic nitrogens is 4. The zero-order valence-corrected chi connectivity index (χ0v) is 18.1. The van der Waals surface area contributed by atoms with Crippen LogP contribution in [0.5, 0.6) is 0 Å². The van der Waals surface area contributed by atoms with Gasteiger partial charge >= 0.3 is 0 Å². The van der Waals surface area contributed by atoms with Gasteiger partial charge < -0.3 is 19.8 Å². The number of hydrogen-bond acceptors (Lipinski definition) is 9. The van der Waals surface area contributed by atoms with Gasteiger partial charge in [-0.25, -0.2) is 15.0 Å². The predicted molar refractivity (Wildman–Crippen MR) is 119 cm³/mol. The van der Waals surface area contributed by atoms with Crippen molar-refractivity contribution in [3.05, 3.63) is 36.0 Å². The zero-order chi connectivity index (χ0) is 21.6. The summed E-state index contributed by atoms with van der Waals surface area (Å²) in [5, 5.41) is 0. The molecule has 0 unspecified atom stereocenters. The van der Waals surface area contributed by atoms with Crippen molar-refractivity contribution >= 4 is 34.6 Å². The van der Waals surface area contributed by atoms with Crippen molar-refractivity contribution in [1.82, 2.24) is 24.8 Å². The van der Waals surface area contributed by atoms with Gasteiger partial charge in [0.15, 0.2) is 5.65 Å². The SMILES string of the molecule is C/C(=C\c1coc(N)n1)c1ccc2ncc(N3CC(N4CCOC(C)(C)C4)C3)nc2n1. The summed E-state index contributed by atoms with van der Waals surface area (Å²) in [4.78, 5) is 23.0. The Hall–Kier alpha value is -3.04. The standard InChI is InChI=1S/C22H27N7O2/c1-14(8-15-12-30-21(23)25-15)17-4-5-18-20(26-17)27-19(9-24-18)29-10-16(11-29)28-6-7-31-22(2,3)13-28/h4-5,8-9,12,16H,6-7,10-11,13H2,1-3H3,(H2,23,25)/b14-8+. The summed E-state index contributed by atoms with van der Waals surface area (Å²) in [6, 6.07) is 4.55. The number of nitrogens with zero attached hydrogens (tertiary/aromatic N) is 6. The first-order valence-corrected chi connectivity index (χ1v) is 10.5. The Morgan fingerprint density at radius 2 is 2.06 bits per heavy atom. The molecule has 3 aromatic rings. The summed E-state index contributed by atoms with van der Waals surface area (Å²) in [6.07, 6.45) is 5.24. The molecule has 0 spiro atoms. The van der Waals surface area contributed by atoms with E-state index in [9.17, 15) is 0 Å². The number of rotatable bonds is 4. The highest BCUT2D eigenvalue weighted by Crippen LogP contribution is 2.27. The Kier molecular flexibility index (Phi) is 4.86. The number of hydrogen-bond donors (Lipinski definition) is 1. The fraction of sp³-hybridized carbons (Fsp3) is 0.455. The van der Waals surface area contributed by atoms with Gasteiger partial charge in [0.1, 0.15) is 23.3 Å². The number of ether oxygens (including phenoxy) is 1. The largest absolute Gasteiger partial charge is 0.432 e. The van der Waals surface area contributed by atoms with E-state index < -0.39 is 0 Å². The third kappa shape index (κ3) is 4.11. The average molecular weight is 422 g/mol. The second-order valence-electron chi connectivity index (χ2n) is 8.84. The lowest BCUT2D eigenvalue weighted by Gasteiger charge is -2.50. The highest BCUT2D eigenvalue weighted by atomic mass is 16.5. The van der Waals surface area contributed by atoms with E-state index in [1.54, 1.807) is 0 Å². The molecule has 0 amide bonds. The molecular weight excluding hydrogens is 394 g/mol. The van der Waals surface area contributed by atoms with Crippen molar-refractivity contribution < 1.29 is 9.15 Å². The lowest BCUT2D eigenvalue weighted by molar-refractivity contribution is -0.0995. The van der Waals surface area contributed by atoms with E-state index >= 15 is 0 Å². The van der Waals surface area contributed by atoms with Crippen molar-refractivity contribution in [3.8, 4) is 0 Å². The molecule has 5 heterocycles. The monoisotopic (exact) mass is 421 g/mol. The summed E-state index contributed by atoms with van der Waals surface area (Å²) < 4.78 is 10.9. The Bertz CT molecular complexity index is 1130. The molecule has 2 aliphatic rings. The number of allylic oxidation sites excluding steroid dienone is 1. The number of oxazole rings is 1. The lowest BCUT2D eigenvalue weighted by Crippen LogP contribution is -2.64. The van der Waals surface area contributed by atoms with E-state index in [1.165, 1.54) is 6.26 Å². The van der Waals surface area contributed by atoms with Gasteiger partial charge in [0.05, 0.1) is 24.1 Å². The molecule has 162 valence electrons. The summed E-state index contributed by atoms with van der Waals surface area (Å²) in [6.45, 7) is 10.9. The van der Waals surface area contributed by atoms with Crippen LogP contribution in [-0.2, 0) is 4.74 Å². The van der Waals surface area contributed by atoms with Crippen LogP contribution >= 0.6 is 0 Å². The third-order valence-corrected chi connectivity index (χ3v) is 5.86. The van der Waals surface area contributed by atoms with Crippen LogP contribution in [0.15, 0.2) is 29.0 Å². The summed E-state index contributed by atoms with van der Waals surface area (Å²) >= 11 is 0. The van der Waals surface area contributed by atoms with E-state index in [-0.39, 0.29) is 11.6 Å². The van der Waals surface area contributed by atoms with Crippen LogP contribution in [0.1, 0.15) is 32.2 Å². The second-order valence-corrected chi connectivity index (χ2v) is 8.84. The Labute approximate surface area is 180 Å². The van der Waals surface area contributed by atoms with Crippen molar-refractivity contribution in [1.29, 1.82) is 0 Å². The molecule has 5 rings (SSSR count). The third-order valence-electron chi connectivity index (χ3n) is 5.86. The summed E-state index contributed by atoms with van der Waals surface area (Å²) in [5.74, 6) is 0.867. The first-order valence-electron chi connectivity index (χ1n) is 10.5. The molecule has 0 saturated carbocycles. The van der Waals surface area contributed by atoms with Gasteiger partial charge in [0.2, 0.25) is 0 Å². The quantitative estimate of drug-likeness (QED) is 0.680. The number of morpholine rings is 1. The molecule has 0 aliphatic carbocycles. The minimum atomic E-state index is -0.0785. The normalized spacial score (nSPS) is 20.2. The maximum atomic E-state index is 5.84. The van der Waals surface area contributed by atoms with Gasteiger partial charge in [-0.1, -0.05) is 0 Å². The van der Waals surface area contributed by atoms with Gasteiger partial charge in [-0.3, -0.25) is 4.90 Å². The molecule has 0 radical (unpaired) electrons. The van der Waals surface area contributed by atoms with Gasteiger partial charge in [-0.2, -0.15) is 4.98 Å². The Balaban J connectivity index is 1.31. The smallest absolute Gasteiger partial charge is 0.292 e. The maximum absolute atomic E-state index is 5.84. The van der Waals surface area contributed by atoms with E-state index in [1.807, 2.05) is 31.3 Å². The van der Waals surface area contributed by atoms with Crippen molar-refractivity contribution in [2.45, 2.75) is 32.4 Å². The van der Waals surface area contributed by atoms with Gasteiger partial charge in [-0.15, -0.1) is 0 Å². The van der Waals surface area contributed by atoms with E-state index in [0.29, 0.717) is 17.4 Å². The fourth-order valence-corrected chi connectivity index (χ4v) is 4.16. The molecule has 9 heteroatoms. The highest BCUT2D eigenvalue weighted by Gasteiger charge is 2.37. The lowest BCUT2D eigenvalue weighted by atomic mass is 10.0. The van der Waals surface area contributed by atoms with E-state index in [2.05, 4.69) is 33.6 Å². The number of anilines is 2. The van der Waals surface area contributed by atoms with E-state index in [0.717, 1.165) is 55.4 Å². The van der Waals surface area contributed by atoms with Crippen LogP contribution in [0.2, 0.25) is 0 Å². The molecule has 9 nitrogen and oxygen atoms in total. The van der Waals surface area contributed by atoms with Crippen molar-refractivity contribution in [2.75, 3.05) is 43.4 Å². The maximum Gasteiger partial charge on any atom is 0.292 e. The van der Waals surface area contributed by atoms with Crippen molar-refractivity contribution in [3.63, 3.8) is 0 Å². The Morgan fingerprint density at radius 3 is 2.81 bits per heavy atom. The number of nitrogens with two attached hydrogens (primary N) is 1. The van der Waals surface area contributed by atoms with Gasteiger partial charge in [0, 0.05) is 32.2 Å². The molecule has 0 atom stereocenters. The van der Waals surface area contributed by atoms with Crippen LogP contribution in [0.3, 0.4) is 0 Å². The number of nitrogen functional groups attached to an aromatic ring is 1. The van der Waals surface area contributed by atoms with Crippen LogP contribution in [0.4, 0.5) is 11.8 Å². The van der Waals surface area contributed by atoms with Gasteiger partial charge in [0.25, 0.3) is 6.01 Å². The minimum absolute atomic E-state index is 0.0785. The minimum Gasteiger partial charge on any atom is -0.432 e. The molecule has 2 N–H and O–H groups in total. The van der Waals surface area contributed by atoms with Crippen LogP contribution in [0.25, 0.3) is 22.8 Å². The topological polar surface area (TPSA) is 106 Å². The van der Waals surface area contributed by atoms with E-state index in [4.69, 9.17) is 24.9 Å². The molecule has 3 aromatic heterocycles. The zero-order valence-electron chi connectivity index (χ0n) is 18.1. The molecule has 0 aromatic carbocycles. The van der Waals surface area contributed by atoms with Crippen LogP contribution in [0, 0.1) is 0 Å². The van der Waals surface area contributed by atoms with Crippen LogP contribution in [-0.4, -0.2) is 69.3 Å². The first kappa shape index (κ1) is 19.9. The van der Waals surface area contributed by atoms with Crippen molar-refractivity contribution in [2.24, 2.45) is 0 Å². The summed E-state index contributed by atoms with van der Waals surface area (Å²) in [5.41, 5.74) is 9.31. The molecule has 0 bridgehead atoms. The second kappa shape index (κ2) is 7.58. The predicted octanol–water partition coefficient (Wildman–Crippen LogP) is 2.45. The first-order chi connectivity index (χ1) is 14.9. The van der Waals surface area contributed by atoms with Crippen LogP contribution < -0.4 is 10.6 Å². The molecule has 2 fully saturated rings. The summed E-state index contributed by atoms with van der Waals surface area (Å²) in [7, 11) is 0. The average Bonchev–Trinajstić information content (AvgIpc) is 3.10.